The Morgan fingerprint density at radius 2 is 1.78 bits per heavy atom. The fourth-order valence-corrected chi connectivity index (χ4v) is 4.31. The number of hydrogen-bond donors (Lipinski definition) is 0. The van der Waals surface area contributed by atoms with Crippen LogP contribution in [0.4, 0.5) is 0 Å². The van der Waals surface area contributed by atoms with Gasteiger partial charge < -0.3 is 4.57 Å². The molecule has 0 aliphatic heterocycles. The van der Waals surface area contributed by atoms with Crippen molar-refractivity contribution in [1.29, 1.82) is 0 Å². The summed E-state index contributed by atoms with van der Waals surface area (Å²) in [5, 5.41) is 7.48. The first kappa shape index (κ1) is 20.0. The first-order valence-electron chi connectivity index (χ1n) is 10.7. The molecule has 5 aromatic rings. The van der Waals surface area contributed by atoms with E-state index in [9.17, 15) is 9.59 Å². The van der Waals surface area contributed by atoms with Crippen molar-refractivity contribution in [2.45, 2.75) is 26.4 Å². The van der Waals surface area contributed by atoms with E-state index in [2.05, 4.69) is 29.2 Å². The van der Waals surface area contributed by atoms with Crippen LogP contribution in [0.1, 0.15) is 18.9 Å². The molecule has 3 heterocycles. The smallest absolute Gasteiger partial charge is 0.332 e. The maximum Gasteiger partial charge on any atom is 0.332 e. The van der Waals surface area contributed by atoms with Crippen molar-refractivity contribution in [2.24, 2.45) is 14.1 Å². The first-order valence-corrected chi connectivity index (χ1v) is 10.7. The van der Waals surface area contributed by atoms with Gasteiger partial charge in [0.2, 0.25) is 0 Å². The van der Waals surface area contributed by atoms with Gasteiger partial charge in [-0.25, -0.2) is 9.78 Å². The summed E-state index contributed by atoms with van der Waals surface area (Å²) in [7, 11) is 3.40. The molecule has 0 radical (unpaired) electrons. The summed E-state index contributed by atoms with van der Waals surface area (Å²) in [6.45, 7) is 2.92. The Hall–Kier alpha value is -3.94. The van der Waals surface area contributed by atoms with Crippen LogP contribution < -0.4 is 11.2 Å². The van der Waals surface area contributed by atoms with Crippen LogP contribution >= 0.6 is 0 Å². The van der Waals surface area contributed by atoms with E-state index in [0.717, 1.165) is 27.3 Å². The number of hydrogen-bond acceptors (Lipinski definition) is 4. The molecule has 0 spiro atoms. The second-order valence-electron chi connectivity index (χ2n) is 8.00. The molecule has 0 aliphatic rings. The van der Waals surface area contributed by atoms with Crippen LogP contribution in [0.15, 0.2) is 64.4 Å². The van der Waals surface area contributed by atoms with Crippen molar-refractivity contribution in [3.8, 4) is 11.5 Å². The zero-order chi connectivity index (χ0) is 22.4. The van der Waals surface area contributed by atoms with Crippen molar-refractivity contribution in [3.63, 3.8) is 0 Å². The Labute approximate surface area is 184 Å². The minimum atomic E-state index is -0.362. The zero-order valence-corrected chi connectivity index (χ0v) is 18.3. The summed E-state index contributed by atoms with van der Waals surface area (Å²) in [4.78, 5) is 30.6. The molecule has 0 fully saturated rings. The lowest BCUT2D eigenvalue weighted by molar-refractivity contribution is 0.602. The average Bonchev–Trinajstić information content (AvgIpc) is 3.38. The van der Waals surface area contributed by atoms with E-state index >= 15 is 0 Å². The summed E-state index contributed by atoms with van der Waals surface area (Å²) >= 11 is 0. The number of benzene rings is 2. The van der Waals surface area contributed by atoms with Crippen LogP contribution in [0.3, 0.4) is 0 Å². The Balaban J connectivity index is 1.85. The molecular weight excluding hydrogens is 404 g/mol. The molecular formula is C24H24N6O2. The normalized spacial score (nSPS) is 11.6. The standard InChI is InChI=1S/C24H24N6O2/c1-4-13-29-21-19(23(31)28(3)24(29)32)20(22-25-12-14-27(22)2)30(26-21)15-17-10-7-9-16-8-5-6-11-18(16)17/h5-12,14H,4,13,15H2,1-3H3. The lowest BCUT2D eigenvalue weighted by atomic mass is 10.0. The van der Waals surface area contributed by atoms with Gasteiger partial charge in [-0.1, -0.05) is 49.4 Å². The van der Waals surface area contributed by atoms with Gasteiger partial charge in [0.15, 0.2) is 11.5 Å². The van der Waals surface area contributed by atoms with Gasteiger partial charge in [0, 0.05) is 33.0 Å². The van der Waals surface area contributed by atoms with E-state index in [1.54, 1.807) is 10.8 Å². The molecule has 32 heavy (non-hydrogen) atoms. The van der Waals surface area contributed by atoms with Gasteiger partial charge in [0.25, 0.3) is 5.56 Å². The monoisotopic (exact) mass is 428 g/mol. The molecule has 0 amide bonds. The molecule has 0 bridgehead atoms. The highest BCUT2D eigenvalue weighted by molar-refractivity contribution is 5.90. The largest absolute Gasteiger partial charge is 0.333 e. The molecule has 0 aliphatic carbocycles. The van der Waals surface area contributed by atoms with Crippen molar-refractivity contribution in [2.75, 3.05) is 0 Å². The molecule has 162 valence electrons. The van der Waals surface area contributed by atoms with Crippen molar-refractivity contribution in [3.05, 3.63) is 81.3 Å². The SMILES string of the molecule is CCCn1c(=O)n(C)c(=O)c2c(-c3nccn3C)n(Cc3cccc4ccccc34)nc21. The molecule has 8 heteroatoms. The maximum absolute atomic E-state index is 13.3. The summed E-state index contributed by atoms with van der Waals surface area (Å²) in [5.41, 5.74) is 1.38. The van der Waals surface area contributed by atoms with E-state index < -0.39 is 0 Å². The number of nitrogens with zero attached hydrogens (tertiary/aromatic N) is 6. The van der Waals surface area contributed by atoms with E-state index in [1.165, 1.54) is 7.05 Å². The highest BCUT2D eigenvalue weighted by atomic mass is 16.2. The summed E-state index contributed by atoms with van der Waals surface area (Å²) in [6, 6.07) is 14.3. The Kier molecular flexibility index (Phi) is 4.77. The second-order valence-corrected chi connectivity index (χ2v) is 8.00. The van der Waals surface area contributed by atoms with Gasteiger partial charge in [0.1, 0.15) is 11.1 Å². The van der Waals surface area contributed by atoms with Gasteiger partial charge >= 0.3 is 5.69 Å². The van der Waals surface area contributed by atoms with Crippen LogP contribution in [0.5, 0.6) is 0 Å². The van der Waals surface area contributed by atoms with Crippen LogP contribution in [0, 0.1) is 0 Å². The average molecular weight is 428 g/mol. The van der Waals surface area contributed by atoms with Crippen LogP contribution in [0.2, 0.25) is 0 Å². The highest BCUT2D eigenvalue weighted by Gasteiger charge is 2.24. The summed E-state index contributed by atoms with van der Waals surface area (Å²) in [6.07, 6.45) is 4.28. The van der Waals surface area contributed by atoms with Crippen LogP contribution in [-0.2, 0) is 27.2 Å². The maximum atomic E-state index is 13.3. The van der Waals surface area contributed by atoms with E-state index in [0.29, 0.717) is 35.6 Å². The van der Waals surface area contributed by atoms with Crippen molar-refractivity contribution < 1.29 is 0 Å². The highest BCUT2D eigenvalue weighted by Crippen LogP contribution is 2.27. The molecule has 0 saturated carbocycles. The van der Waals surface area contributed by atoms with E-state index in [4.69, 9.17) is 5.10 Å². The second kappa shape index (κ2) is 7.64. The predicted octanol–water partition coefficient (Wildman–Crippen LogP) is 2.91. The minimum absolute atomic E-state index is 0.356. The van der Waals surface area contributed by atoms with Crippen LogP contribution in [0.25, 0.3) is 33.3 Å². The summed E-state index contributed by atoms with van der Waals surface area (Å²) < 4.78 is 6.42. The van der Waals surface area contributed by atoms with Crippen LogP contribution in [-0.4, -0.2) is 28.5 Å². The van der Waals surface area contributed by atoms with Gasteiger partial charge in [-0.05, 0) is 22.8 Å². The topological polar surface area (TPSA) is 79.6 Å². The lowest BCUT2D eigenvalue weighted by Gasteiger charge is -2.10. The quantitative estimate of drug-likeness (QED) is 0.431. The first-order chi connectivity index (χ1) is 15.5. The Morgan fingerprint density at radius 1 is 1.00 bits per heavy atom. The third-order valence-electron chi connectivity index (χ3n) is 5.91. The third kappa shape index (κ3) is 2.98. The lowest BCUT2D eigenvalue weighted by Crippen LogP contribution is -2.38. The Morgan fingerprint density at radius 3 is 2.53 bits per heavy atom. The number of fused-ring (bicyclic) bond motifs is 2. The number of aryl methyl sites for hydroxylation is 2. The van der Waals surface area contributed by atoms with E-state index in [-0.39, 0.29) is 11.2 Å². The van der Waals surface area contributed by atoms with Gasteiger partial charge in [-0.3, -0.25) is 18.6 Å². The summed E-state index contributed by atoms with van der Waals surface area (Å²) in [5.74, 6) is 0.631. The van der Waals surface area contributed by atoms with E-state index in [1.807, 2.05) is 47.6 Å². The third-order valence-corrected chi connectivity index (χ3v) is 5.91. The molecule has 0 N–H and O–H groups in total. The van der Waals surface area contributed by atoms with Crippen molar-refractivity contribution in [1.82, 2.24) is 28.5 Å². The molecule has 5 rings (SSSR count). The number of imidazole rings is 1. The molecule has 3 aromatic heterocycles. The van der Waals surface area contributed by atoms with Crippen molar-refractivity contribution >= 4 is 21.8 Å². The zero-order valence-electron chi connectivity index (χ0n) is 18.3. The molecule has 0 saturated heterocycles. The van der Waals surface area contributed by atoms with Gasteiger partial charge in [0.05, 0.1) is 6.54 Å². The number of aromatic nitrogens is 6. The minimum Gasteiger partial charge on any atom is -0.333 e. The number of rotatable bonds is 5. The molecule has 2 aromatic carbocycles. The fourth-order valence-electron chi connectivity index (χ4n) is 4.31. The van der Waals surface area contributed by atoms with Gasteiger partial charge in [-0.2, -0.15) is 5.10 Å². The molecule has 0 unspecified atom stereocenters. The van der Waals surface area contributed by atoms with Gasteiger partial charge in [-0.15, -0.1) is 0 Å². The Bertz CT molecular complexity index is 1580. The predicted molar refractivity (Wildman–Crippen MR) is 125 cm³/mol. The molecule has 0 atom stereocenters. The fraction of sp³-hybridized carbons (Fsp3) is 0.250. The molecule has 8 nitrogen and oxygen atoms in total.